The van der Waals surface area contributed by atoms with Crippen LogP contribution in [0.3, 0.4) is 0 Å². The smallest absolute Gasteiger partial charge is 0.269 e. The summed E-state index contributed by atoms with van der Waals surface area (Å²) in [6.45, 7) is 10.9. The molecule has 336 valence electrons. The van der Waals surface area contributed by atoms with E-state index in [0.717, 1.165) is 53.2 Å². The summed E-state index contributed by atoms with van der Waals surface area (Å²) in [6.07, 6.45) is 13.7. The zero-order valence-corrected chi connectivity index (χ0v) is 36.6. The number of aliphatic hydroxyl groups excluding tert-OH is 2. The van der Waals surface area contributed by atoms with Gasteiger partial charge in [-0.1, -0.05) is 85.3 Å². The molecule has 0 saturated heterocycles. The lowest BCUT2D eigenvalue weighted by atomic mass is 9.55. The zero-order chi connectivity index (χ0) is 45.1. The van der Waals surface area contributed by atoms with E-state index in [0.29, 0.717) is 48.8 Å². The minimum absolute atomic E-state index is 0.0411. The number of nitrogens with zero attached hydrogens (tertiary/aromatic N) is 3. The lowest BCUT2D eigenvalue weighted by Crippen LogP contribution is -2.70. The second-order valence-corrected chi connectivity index (χ2v) is 16.6. The van der Waals surface area contributed by atoms with E-state index < -0.39 is 22.7 Å². The Morgan fingerprint density at radius 3 is 2.45 bits per heavy atom. The van der Waals surface area contributed by atoms with E-state index in [2.05, 4.69) is 31.4 Å². The fourth-order valence-corrected chi connectivity index (χ4v) is 9.96. The first kappa shape index (κ1) is 45.9. The fourth-order valence-electron chi connectivity index (χ4n) is 9.96. The Labute approximate surface area is 375 Å². The molecule has 0 aromatic heterocycles. The first-order chi connectivity index (χ1) is 31.3. The van der Waals surface area contributed by atoms with Crippen molar-refractivity contribution in [2.24, 2.45) is 22.9 Å². The first-order valence-corrected chi connectivity index (χ1v) is 22.4. The molecule has 1 amide bonds. The topological polar surface area (TPSA) is 153 Å². The quantitative estimate of drug-likeness (QED) is 0.0258. The van der Waals surface area contributed by atoms with Gasteiger partial charge in [-0.15, -0.1) is 6.58 Å². The van der Waals surface area contributed by atoms with E-state index in [4.69, 9.17) is 24.2 Å². The number of hydrogen-bond acceptors (Lipinski definition) is 10. The molecular weight excluding hydrogens is 811 g/mol. The van der Waals surface area contributed by atoms with Gasteiger partial charge in [-0.2, -0.15) is 0 Å². The highest BCUT2D eigenvalue weighted by Gasteiger charge is 2.65. The highest BCUT2D eigenvalue weighted by atomic mass is 16.7. The van der Waals surface area contributed by atoms with Gasteiger partial charge in [0, 0.05) is 55.9 Å². The van der Waals surface area contributed by atoms with Gasteiger partial charge in [-0.05, 0) is 108 Å². The van der Waals surface area contributed by atoms with Gasteiger partial charge >= 0.3 is 0 Å². The Morgan fingerprint density at radius 1 is 0.969 bits per heavy atom. The summed E-state index contributed by atoms with van der Waals surface area (Å²) in [5, 5.41) is 38.2. The molecule has 1 saturated carbocycles. The van der Waals surface area contributed by atoms with Crippen LogP contribution in [0.25, 0.3) is 16.8 Å². The summed E-state index contributed by atoms with van der Waals surface area (Å²) in [5.74, 6) is -1.11. The molecule has 0 bridgehead atoms. The number of rotatable bonds is 22. The number of amides is 1. The number of allylic oxidation sites excluding steroid dienone is 1. The van der Waals surface area contributed by atoms with Crippen LogP contribution in [0.1, 0.15) is 74.5 Å². The lowest BCUT2D eigenvalue weighted by Gasteiger charge is -2.60. The SMILES string of the molecule is C=CCOc1ccc2c(c1)[C@H]1[C@H](CCCCO)[C@@H](CCCCO)C=C3C(=NOCC)C[C@H](N(Cc4cccc5ccccc45)C(=O)C=Cc4ccc([N+](=O)[O-])cc4)[C@@](OCC=C)(O2)[C@H]31. The molecule has 0 radical (unpaired) electrons. The van der Waals surface area contributed by atoms with Crippen LogP contribution in [0.5, 0.6) is 11.5 Å². The number of oxime groups is 1. The van der Waals surface area contributed by atoms with Gasteiger partial charge in [-0.25, -0.2) is 0 Å². The number of nitro benzene ring substituents is 1. The third-order valence-electron chi connectivity index (χ3n) is 12.7. The Morgan fingerprint density at radius 2 is 1.72 bits per heavy atom. The standard InChI is InChI=1S/C52H59N3O9/c1-4-30-61-41-25-26-47-45(33-41)50-43(19-10-12-29-57)38(15-9-11-28-56)32-44-46(53-63-6-3)34-48(52(64-47,51(44)50)62-31-5-2)54(35-39-17-13-16-37-14-7-8-18-42(37)39)49(58)27-22-36-20-23-40(24-21-36)55(59)60/h4-5,7-8,13-14,16-18,20-27,32-33,38,43,48,50-51,56-57H,1-2,6,9-12,15,19,28-31,34-35H2,3H3/t38-,43+,48-,50+,51+,52+/m0/s1. The summed E-state index contributed by atoms with van der Waals surface area (Å²) in [6, 6.07) is 25.3. The second-order valence-electron chi connectivity index (χ2n) is 16.6. The molecule has 0 unspecified atom stereocenters. The molecule has 12 heteroatoms. The minimum atomic E-state index is -1.47. The first-order valence-electron chi connectivity index (χ1n) is 22.4. The number of fused-ring (bicyclic) bond motifs is 3. The van der Waals surface area contributed by atoms with Crippen molar-refractivity contribution in [2.75, 3.05) is 33.0 Å². The van der Waals surface area contributed by atoms with E-state index in [1.54, 1.807) is 30.4 Å². The second kappa shape index (κ2) is 21.5. The van der Waals surface area contributed by atoms with Crippen LogP contribution in [0.2, 0.25) is 0 Å². The Balaban J connectivity index is 1.47. The molecule has 2 aliphatic carbocycles. The van der Waals surface area contributed by atoms with Crippen molar-refractivity contribution < 1.29 is 39.0 Å². The fraction of sp³-hybridized carbons (Fsp3) is 0.385. The van der Waals surface area contributed by atoms with E-state index in [-0.39, 0.29) is 62.1 Å². The third-order valence-corrected chi connectivity index (χ3v) is 12.7. The van der Waals surface area contributed by atoms with Crippen LogP contribution in [0.15, 0.2) is 133 Å². The third kappa shape index (κ3) is 9.84. The average molecular weight is 870 g/mol. The number of unbranched alkanes of at least 4 members (excludes halogenated alkanes) is 2. The summed E-state index contributed by atoms with van der Waals surface area (Å²) >= 11 is 0. The lowest BCUT2D eigenvalue weighted by molar-refractivity contribution is -0.384. The molecule has 7 rings (SSSR count). The number of carbonyl (C=O) groups is 1. The van der Waals surface area contributed by atoms with Gasteiger partial charge in [0.2, 0.25) is 11.7 Å². The number of ether oxygens (including phenoxy) is 3. The van der Waals surface area contributed by atoms with Crippen molar-refractivity contribution in [3.05, 3.63) is 155 Å². The van der Waals surface area contributed by atoms with Crippen molar-refractivity contribution in [2.45, 2.75) is 76.2 Å². The van der Waals surface area contributed by atoms with Crippen LogP contribution in [0, 0.1) is 27.9 Å². The van der Waals surface area contributed by atoms with Gasteiger partial charge < -0.3 is 34.2 Å². The molecule has 64 heavy (non-hydrogen) atoms. The molecule has 4 aromatic rings. The van der Waals surface area contributed by atoms with Crippen LogP contribution in [-0.4, -0.2) is 76.5 Å². The number of hydrogen-bond donors (Lipinski definition) is 2. The highest BCUT2D eigenvalue weighted by Crippen LogP contribution is 2.62. The normalized spacial score (nSPS) is 22.8. The Kier molecular flexibility index (Phi) is 15.5. The van der Waals surface area contributed by atoms with E-state index in [9.17, 15) is 20.3 Å². The maximum absolute atomic E-state index is 15.3. The molecule has 1 fully saturated rings. The minimum Gasteiger partial charge on any atom is -0.490 e. The van der Waals surface area contributed by atoms with Crippen LogP contribution >= 0.6 is 0 Å². The Hall–Kier alpha value is -6.08. The number of aliphatic hydroxyl groups is 2. The van der Waals surface area contributed by atoms with Crippen LogP contribution in [-0.2, 0) is 20.9 Å². The molecule has 1 heterocycles. The maximum Gasteiger partial charge on any atom is 0.269 e. The highest BCUT2D eigenvalue weighted by molar-refractivity contribution is 6.03. The Bertz CT molecular complexity index is 2370. The molecule has 12 nitrogen and oxygen atoms in total. The van der Waals surface area contributed by atoms with Crippen LogP contribution < -0.4 is 9.47 Å². The number of carbonyl (C=O) groups excluding carboxylic acids is 1. The van der Waals surface area contributed by atoms with Crippen molar-refractivity contribution in [3.8, 4) is 11.5 Å². The van der Waals surface area contributed by atoms with E-state index in [1.807, 2.05) is 60.4 Å². The average Bonchev–Trinajstić information content (AvgIpc) is 3.31. The van der Waals surface area contributed by atoms with Gasteiger partial charge in [0.25, 0.3) is 5.69 Å². The van der Waals surface area contributed by atoms with Gasteiger partial charge in [0.15, 0.2) is 0 Å². The summed E-state index contributed by atoms with van der Waals surface area (Å²) in [5.41, 5.74) is 4.09. The van der Waals surface area contributed by atoms with Crippen LogP contribution in [0.4, 0.5) is 5.69 Å². The monoisotopic (exact) mass is 869 g/mol. The summed E-state index contributed by atoms with van der Waals surface area (Å²) in [4.78, 5) is 34.0. The largest absolute Gasteiger partial charge is 0.490 e. The van der Waals surface area contributed by atoms with Crippen molar-refractivity contribution in [1.82, 2.24) is 4.90 Å². The van der Waals surface area contributed by atoms with Crippen molar-refractivity contribution >= 4 is 34.2 Å². The van der Waals surface area contributed by atoms with E-state index in [1.165, 1.54) is 18.2 Å². The predicted octanol–water partition coefficient (Wildman–Crippen LogP) is 9.71. The summed E-state index contributed by atoms with van der Waals surface area (Å²) in [7, 11) is 0. The number of non-ortho nitro benzene ring substituents is 1. The zero-order valence-electron chi connectivity index (χ0n) is 36.6. The molecule has 0 spiro atoms. The molecule has 6 atom stereocenters. The summed E-state index contributed by atoms with van der Waals surface area (Å²) < 4.78 is 20.7. The van der Waals surface area contributed by atoms with Gasteiger partial charge in [0.1, 0.15) is 30.8 Å². The number of benzene rings is 4. The number of nitro groups is 1. The molecule has 2 N–H and O–H groups in total. The van der Waals surface area contributed by atoms with Crippen molar-refractivity contribution in [3.63, 3.8) is 0 Å². The molecular formula is C52H59N3O9. The van der Waals surface area contributed by atoms with Gasteiger partial charge in [-0.3, -0.25) is 14.9 Å². The van der Waals surface area contributed by atoms with Crippen molar-refractivity contribution in [1.29, 1.82) is 0 Å². The molecule has 1 aliphatic heterocycles. The molecule has 4 aromatic carbocycles. The van der Waals surface area contributed by atoms with E-state index >= 15 is 4.79 Å². The van der Waals surface area contributed by atoms with Gasteiger partial charge in [0.05, 0.1) is 23.2 Å². The predicted molar refractivity (Wildman–Crippen MR) is 249 cm³/mol. The molecule has 3 aliphatic rings. The maximum atomic E-state index is 15.3.